The number of aromatic hydroxyl groups is 2. The monoisotopic (exact) mass is 344 g/mol. The zero-order valence-corrected chi connectivity index (χ0v) is 15.2. The van der Waals surface area contributed by atoms with Crippen LogP contribution >= 0.6 is 0 Å². The van der Waals surface area contributed by atoms with Gasteiger partial charge in [-0.3, -0.25) is 0 Å². The van der Waals surface area contributed by atoms with Crippen LogP contribution in [-0.2, 0) is 12.8 Å². The molecule has 2 N–H and O–H groups in total. The average molecular weight is 344 g/mol. The predicted molar refractivity (Wildman–Crippen MR) is 96.4 cm³/mol. The Labute approximate surface area is 148 Å². The molecule has 25 heavy (non-hydrogen) atoms. The minimum Gasteiger partial charge on any atom is -0.504 e. The summed E-state index contributed by atoms with van der Waals surface area (Å²) in [6.45, 7) is 0.992. The molecule has 0 saturated carbocycles. The molecule has 0 fully saturated rings. The summed E-state index contributed by atoms with van der Waals surface area (Å²) >= 11 is 0. The van der Waals surface area contributed by atoms with Crippen LogP contribution < -0.4 is 9.47 Å². The third kappa shape index (κ3) is 3.12. The van der Waals surface area contributed by atoms with E-state index < -0.39 is 0 Å². The molecule has 3 rings (SSSR count). The SMILES string of the molecule is COc1ccc(C[C@@H]2c3c(ccc(OC)c3O)CC[N+]2(C)C)cc1O. The smallest absolute Gasteiger partial charge is 0.167 e. The second-order valence-electron chi connectivity index (χ2n) is 7.17. The fraction of sp³-hybridized carbons (Fsp3) is 0.400. The highest BCUT2D eigenvalue weighted by molar-refractivity contribution is 5.52. The van der Waals surface area contributed by atoms with Crippen molar-refractivity contribution in [1.82, 2.24) is 0 Å². The average Bonchev–Trinajstić information content (AvgIpc) is 2.58. The van der Waals surface area contributed by atoms with Crippen LogP contribution in [0.1, 0.15) is 22.7 Å². The number of hydrogen-bond donors (Lipinski definition) is 2. The van der Waals surface area contributed by atoms with E-state index in [-0.39, 0.29) is 17.5 Å². The van der Waals surface area contributed by atoms with Crippen LogP contribution in [0.4, 0.5) is 0 Å². The number of rotatable bonds is 4. The molecular weight excluding hydrogens is 318 g/mol. The Morgan fingerprint density at radius 3 is 2.36 bits per heavy atom. The summed E-state index contributed by atoms with van der Waals surface area (Å²) in [7, 11) is 7.46. The predicted octanol–water partition coefficient (Wildman–Crippen LogP) is 3.03. The van der Waals surface area contributed by atoms with Crippen LogP contribution in [0.2, 0.25) is 0 Å². The maximum absolute atomic E-state index is 10.7. The first kappa shape index (κ1) is 17.4. The van der Waals surface area contributed by atoms with Crippen molar-refractivity contribution in [3.8, 4) is 23.0 Å². The van der Waals surface area contributed by atoms with E-state index in [4.69, 9.17) is 9.47 Å². The number of nitrogens with zero attached hydrogens (tertiary/aromatic N) is 1. The molecule has 5 nitrogen and oxygen atoms in total. The summed E-state index contributed by atoms with van der Waals surface area (Å²) in [5.74, 6) is 1.33. The second kappa shape index (κ2) is 6.48. The van der Waals surface area contributed by atoms with Crippen LogP contribution in [0.3, 0.4) is 0 Å². The lowest BCUT2D eigenvalue weighted by Gasteiger charge is -2.43. The van der Waals surface area contributed by atoms with Crippen LogP contribution in [-0.4, -0.2) is 49.6 Å². The molecule has 0 spiro atoms. The molecule has 0 radical (unpaired) electrons. The lowest BCUT2D eigenvalue weighted by molar-refractivity contribution is -0.923. The van der Waals surface area contributed by atoms with Gasteiger partial charge in [-0.25, -0.2) is 0 Å². The van der Waals surface area contributed by atoms with Gasteiger partial charge in [-0.15, -0.1) is 0 Å². The lowest BCUT2D eigenvalue weighted by atomic mass is 9.86. The number of ether oxygens (including phenoxy) is 2. The molecule has 5 heteroatoms. The van der Waals surface area contributed by atoms with Crippen molar-refractivity contribution in [2.75, 3.05) is 34.9 Å². The molecule has 0 aliphatic carbocycles. The van der Waals surface area contributed by atoms with Crippen LogP contribution in [0.15, 0.2) is 30.3 Å². The van der Waals surface area contributed by atoms with Crippen molar-refractivity contribution in [1.29, 1.82) is 0 Å². The molecule has 134 valence electrons. The lowest BCUT2D eigenvalue weighted by Crippen LogP contribution is -2.48. The summed E-state index contributed by atoms with van der Waals surface area (Å²) in [5, 5.41) is 20.8. The summed E-state index contributed by atoms with van der Waals surface area (Å²) < 4.78 is 11.2. The summed E-state index contributed by atoms with van der Waals surface area (Å²) in [4.78, 5) is 0. The largest absolute Gasteiger partial charge is 0.504 e. The van der Waals surface area contributed by atoms with E-state index in [0.29, 0.717) is 17.9 Å². The van der Waals surface area contributed by atoms with E-state index in [9.17, 15) is 10.2 Å². The molecule has 1 aliphatic heterocycles. The van der Waals surface area contributed by atoms with Crippen molar-refractivity contribution < 1.29 is 24.2 Å². The van der Waals surface area contributed by atoms with E-state index in [1.165, 1.54) is 12.7 Å². The maximum Gasteiger partial charge on any atom is 0.167 e. The molecule has 0 amide bonds. The Bertz CT molecular complexity index is 786. The minimum atomic E-state index is 0.0756. The summed E-state index contributed by atoms with van der Waals surface area (Å²) in [6, 6.07) is 9.43. The normalized spacial score (nSPS) is 18.5. The third-order valence-corrected chi connectivity index (χ3v) is 5.30. The standard InChI is InChI=1S/C20H25NO4/c1-21(2)10-9-14-6-8-18(25-4)20(23)19(14)15(21)11-13-5-7-17(24-3)16(22)12-13/h5-8,12,15H,9-11H2,1-4H3,(H-,22,23)/p+1/t15-/m1/s1. The molecule has 1 atom stereocenters. The molecule has 2 aromatic rings. The van der Waals surface area contributed by atoms with Crippen molar-refractivity contribution in [2.45, 2.75) is 18.9 Å². The first-order valence-corrected chi connectivity index (χ1v) is 8.44. The summed E-state index contributed by atoms with van der Waals surface area (Å²) in [5.41, 5.74) is 3.12. The summed E-state index contributed by atoms with van der Waals surface area (Å²) in [6.07, 6.45) is 1.63. The number of hydrogen-bond acceptors (Lipinski definition) is 4. The Morgan fingerprint density at radius 2 is 1.72 bits per heavy atom. The molecule has 1 heterocycles. The van der Waals surface area contributed by atoms with Gasteiger partial charge < -0.3 is 24.2 Å². The van der Waals surface area contributed by atoms with Gasteiger partial charge in [0.25, 0.3) is 0 Å². The Hall–Kier alpha value is -2.40. The second-order valence-corrected chi connectivity index (χ2v) is 7.17. The van der Waals surface area contributed by atoms with E-state index in [0.717, 1.165) is 28.6 Å². The van der Waals surface area contributed by atoms with Gasteiger partial charge in [-0.05, 0) is 29.3 Å². The van der Waals surface area contributed by atoms with E-state index in [1.54, 1.807) is 19.2 Å². The van der Waals surface area contributed by atoms with E-state index >= 15 is 0 Å². The third-order valence-electron chi connectivity index (χ3n) is 5.30. The maximum atomic E-state index is 10.7. The van der Waals surface area contributed by atoms with Gasteiger partial charge in [0.15, 0.2) is 23.0 Å². The molecule has 0 saturated heterocycles. The van der Waals surface area contributed by atoms with Gasteiger partial charge in [-0.1, -0.05) is 12.1 Å². The fourth-order valence-corrected chi connectivity index (χ4v) is 3.73. The van der Waals surface area contributed by atoms with E-state index in [2.05, 4.69) is 14.1 Å². The van der Waals surface area contributed by atoms with Gasteiger partial charge in [-0.2, -0.15) is 0 Å². The molecular formula is C20H26NO4+. The number of fused-ring (bicyclic) bond motifs is 1. The number of phenolic OH excluding ortho intramolecular Hbond substituents is 2. The number of methoxy groups -OCH3 is 2. The topological polar surface area (TPSA) is 58.9 Å². The van der Waals surface area contributed by atoms with Crippen LogP contribution in [0.25, 0.3) is 0 Å². The first-order chi connectivity index (χ1) is 11.9. The van der Waals surface area contributed by atoms with E-state index in [1.807, 2.05) is 18.2 Å². The minimum absolute atomic E-state index is 0.0756. The van der Waals surface area contributed by atoms with Crippen molar-refractivity contribution in [3.63, 3.8) is 0 Å². The zero-order chi connectivity index (χ0) is 18.2. The number of quaternary nitrogens is 1. The fourth-order valence-electron chi connectivity index (χ4n) is 3.73. The first-order valence-electron chi connectivity index (χ1n) is 8.44. The Balaban J connectivity index is 2.04. The van der Waals surface area contributed by atoms with Crippen molar-refractivity contribution >= 4 is 0 Å². The van der Waals surface area contributed by atoms with Crippen molar-refractivity contribution in [3.05, 3.63) is 47.0 Å². The Morgan fingerprint density at radius 1 is 1.04 bits per heavy atom. The zero-order valence-electron chi connectivity index (χ0n) is 15.2. The van der Waals surface area contributed by atoms with Gasteiger partial charge in [0, 0.05) is 12.8 Å². The van der Waals surface area contributed by atoms with Gasteiger partial charge in [0.2, 0.25) is 0 Å². The highest BCUT2D eigenvalue weighted by Crippen LogP contribution is 2.45. The highest BCUT2D eigenvalue weighted by Gasteiger charge is 2.38. The van der Waals surface area contributed by atoms with Gasteiger partial charge >= 0.3 is 0 Å². The molecule has 0 bridgehead atoms. The highest BCUT2D eigenvalue weighted by atomic mass is 16.5. The molecule has 0 unspecified atom stereocenters. The molecule has 2 aromatic carbocycles. The molecule has 1 aliphatic rings. The van der Waals surface area contributed by atoms with Gasteiger partial charge in [0.1, 0.15) is 6.04 Å². The van der Waals surface area contributed by atoms with Crippen LogP contribution in [0, 0.1) is 0 Å². The number of benzene rings is 2. The quantitative estimate of drug-likeness (QED) is 0.837. The van der Waals surface area contributed by atoms with Crippen LogP contribution in [0.5, 0.6) is 23.0 Å². The Kier molecular flexibility index (Phi) is 4.52. The number of phenols is 2. The van der Waals surface area contributed by atoms with Crippen molar-refractivity contribution in [2.24, 2.45) is 0 Å². The number of likely N-dealkylation sites (N-methyl/N-ethyl adjacent to an activating group) is 1. The molecule has 0 aromatic heterocycles. The van der Waals surface area contributed by atoms with Gasteiger partial charge in [0.05, 0.1) is 40.4 Å².